The monoisotopic (exact) mass is 460 g/mol. The van der Waals surface area contributed by atoms with Gasteiger partial charge in [-0.05, 0) is 39.9 Å². The number of ether oxygens (including phenoxy) is 2. The fourth-order valence-corrected chi connectivity index (χ4v) is 4.48. The number of carbonyl (C=O) groups is 1. The van der Waals surface area contributed by atoms with Gasteiger partial charge < -0.3 is 15.2 Å². The van der Waals surface area contributed by atoms with Crippen molar-refractivity contribution in [3.05, 3.63) is 119 Å². The zero-order valence-electron chi connectivity index (χ0n) is 19.5. The second-order valence-corrected chi connectivity index (χ2v) is 8.86. The molecule has 1 aliphatic heterocycles. The summed E-state index contributed by atoms with van der Waals surface area (Å²) in [6, 6.07) is 28.8. The molecule has 172 valence electrons. The SMILES string of the molecule is CC(C)c1ccc(C2C(C#N)=C(N)Oc3cc(OC(=O)c4cccc5ccccc45)ccc32)cc1. The van der Waals surface area contributed by atoms with Crippen LogP contribution in [0.15, 0.2) is 96.4 Å². The van der Waals surface area contributed by atoms with Crippen LogP contribution in [0.1, 0.15) is 52.7 Å². The highest BCUT2D eigenvalue weighted by molar-refractivity contribution is 6.05. The molecule has 0 amide bonds. The lowest BCUT2D eigenvalue weighted by Gasteiger charge is -2.27. The van der Waals surface area contributed by atoms with Crippen LogP contribution in [0, 0.1) is 11.3 Å². The summed E-state index contributed by atoms with van der Waals surface area (Å²) in [4.78, 5) is 13.0. The Kier molecular flexibility index (Phi) is 5.72. The molecule has 1 heterocycles. The molecular formula is C30H24N2O3. The minimum absolute atomic E-state index is 0.0514. The maximum atomic E-state index is 13.0. The van der Waals surface area contributed by atoms with Gasteiger partial charge in [0.2, 0.25) is 5.88 Å². The molecule has 0 bridgehead atoms. The Morgan fingerprint density at radius 1 is 1.00 bits per heavy atom. The predicted molar refractivity (Wildman–Crippen MR) is 135 cm³/mol. The third-order valence-corrected chi connectivity index (χ3v) is 6.35. The number of hydrogen-bond acceptors (Lipinski definition) is 5. The van der Waals surface area contributed by atoms with Crippen molar-refractivity contribution < 1.29 is 14.3 Å². The predicted octanol–water partition coefficient (Wildman–Crippen LogP) is 6.40. The summed E-state index contributed by atoms with van der Waals surface area (Å²) in [6.45, 7) is 4.27. The summed E-state index contributed by atoms with van der Waals surface area (Å²) in [5.41, 5.74) is 9.93. The summed E-state index contributed by atoms with van der Waals surface area (Å²) >= 11 is 0. The maximum absolute atomic E-state index is 13.0. The maximum Gasteiger partial charge on any atom is 0.344 e. The fraction of sp³-hybridized carbons (Fsp3) is 0.133. The minimum Gasteiger partial charge on any atom is -0.440 e. The first-order valence-electron chi connectivity index (χ1n) is 11.5. The Bertz CT molecular complexity index is 1510. The molecule has 0 spiro atoms. The molecule has 5 nitrogen and oxygen atoms in total. The van der Waals surface area contributed by atoms with Gasteiger partial charge in [0.25, 0.3) is 0 Å². The van der Waals surface area contributed by atoms with Gasteiger partial charge in [0, 0.05) is 11.6 Å². The van der Waals surface area contributed by atoms with Gasteiger partial charge in [-0.3, -0.25) is 0 Å². The van der Waals surface area contributed by atoms with E-state index in [1.54, 1.807) is 18.2 Å². The number of esters is 1. The van der Waals surface area contributed by atoms with Crippen LogP contribution in [0.3, 0.4) is 0 Å². The summed E-state index contributed by atoms with van der Waals surface area (Å²) in [6.07, 6.45) is 0. The molecule has 0 aromatic heterocycles. The highest BCUT2D eigenvalue weighted by Gasteiger charge is 2.31. The highest BCUT2D eigenvalue weighted by atomic mass is 16.5. The van der Waals surface area contributed by atoms with Gasteiger partial charge in [-0.1, -0.05) is 80.6 Å². The molecule has 4 aromatic carbocycles. The van der Waals surface area contributed by atoms with Gasteiger partial charge in [0.05, 0.1) is 11.5 Å². The smallest absolute Gasteiger partial charge is 0.344 e. The van der Waals surface area contributed by atoms with E-state index in [0.29, 0.717) is 28.6 Å². The third-order valence-electron chi connectivity index (χ3n) is 6.35. The van der Waals surface area contributed by atoms with Crippen LogP contribution in [0.4, 0.5) is 0 Å². The van der Waals surface area contributed by atoms with Crippen LogP contribution in [0.25, 0.3) is 10.8 Å². The molecular weight excluding hydrogens is 436 g/mol. The van der Waals surface area contributed by atoms with Crippen molar-refractivity contribution in [3.8, 4) is 17.6 Å². The molecule has 5 rings (SSSR count). The van der Waals surface area contributed by atoms with Gasteiger partial charge in [0.1, 0.15) is 23.1 Å². The minimum atomic E-state index is -0.459. The van der Waals surface area contributed by atoms with Crippen molar-refractivity contribution in [1.29, 1.82) is 5.26 Å². The molecule has 5 heteroatoms. The van der Waals surface area contributed by atoms with Crippen LogP contribution in [-0.4, -0.2) is 5.97 Å². The van der Waals surface area contributed by atoms with Crippen LogP contribution < -0.4 is 15.2 Å². The molecule has 0 radical (unpaired) electrons. The van der Waals surface area contributed by atoms with E-state index < -0.39 is 5.97 Å². The Morgan fingerprint density at radius 2 is 1.74 bits per heavy atom. The molecule has 0 fully saturated rings. The lowest BCUT2D eigenvalue weighted by atomic mass is 9.83. The normalized spacial score (nSPS) is 14.9. The zero-order chi connectivity index (χ0) is 24.5. The van der Waals surface area contributed by atoms with Gasteiger partial charge in [-0.25, -0.2) is 4.79 Å². The van der Waals surface area contributed by atoms with Gasteiger partial charge >= 0.3 is 5.97 Å². The first-order valence-corrected chi connectivity index (χ1v) is 11.5. The zero-order valence-corrected chi connectivity index (χ0v) is 19.5. The fourth-order valence-electron chi connectivity index (χ4n) is 4.48. The largest absolute Gasteiger partial charge is 0.440 e. The Balaban J connectivity index is 1.49. The topological polar surface area (TPSA) is 85.3 Å². The summed E-state index contributed by atoms with van der Waals surface area (Å²) in [5.74, 6) is 0.426. The Morgan fingerprint density at radius 3 is 2.49 bits per heavy atom. The van der Waals surface area contributed by atoms with E-state index in [4.69, 9.17) is 15.2 Å². The summed E-state index contributed by atoms with van der Waals surface area (Å²) in [5, 5.41) is 11.6. The van der Waals surface area contributed by atoms with Gasteiger partial charge in [-0.2, -0.15) is 5.26 Å². The van der Waals surface area contributed by atoms with Crippen molar-refractivity contribution >= 4 is 16.7 Å². The van der Waals surface area contributed by atoms with Crippen LogP contribution in [0.5, 0.6) is 11.5 Å². The molecule has 0 saturated heterocycles. The number of nitrogens with zero attached hydrogens (tertiary/aromatic N) is 1. The number of rotatable bonds is 4. The molecule has 4 aromatic rings. The Labute approximate surface area is 204 Å². The molecule has 1 aliphatic rings. The standard InChI is InChI=1S/C30H24N2O3/c1-18(2)19-10-12-21(13-11-19)28-25-15-14-22(16-27(25)35-29(32)26(28)17-31)34-30(33)24-9-5-7-20-6-3-4-8-23(20)24/h3-16,18,28H,32H2,1-2H3. The van der Waals surface area contributed by atoms with E-state index in [2.05, 4.69) is 32.0 Å². The van der Waals surface area contributed by atoms with E-state index in [0.717, 1.165) is 21.9 Å². The molecule has 0 aliphatic carbocycles. The molecule has 2 N–H and O–H groups in total. The highest BCUT2D eigenvalue weighted by Crippen LogP contribution is 2.43. The number of fused-ring (bicyclic) bond motifs is 2. The number of carbonyl (C=O) groups excluding carboxylic acids is 1. The number of nitriles is 1. The average Bonchev–Trinajstić information content (AvgIpc) is 2.87. The number of allylic oxidation sites excluding steroid dienone is 1. The number of hydrogen-bond donors (Lipinski definition) is 1. The summed E-state index contributed by atoms with van der Waals surface area (Å²) < 4.78 is 11.5. The quantitative estimate of drug-likeness (QED) is 0.281. The molecule has 1 unspecified atom stereocenters. The number of nitrogens with two attached hydrogens (primary N) is 1. The first-order chi connectivity index (χ1) is 17.0. The van der Waals surface area contributed by atoms with E-state index in [1.807, 2.05) is 54.6 Å². The van der Waals surface area contributed by atoms with E-state index >= 15 is 0 Å². The molecule has 0 saturated carbocycles. The molecule has 35 heavy (non-hydrogen) atoms. The lowest BCUT2D eigenvalue weighted by molar-refractivity contribution is 0.0736. The van der Waals surface area contributed by atoms with Crippen molar-refractivity contribution in [2.24, 2.45) is 5.73 Å². The van der Waals surface area contributed by atoms with Crippen molar-refractivity contribution in [1.82, 2.24) is 0 Å². The third kappa shape index (κ3) is 4.11. The van der Waals surface area contributed by atoms with Gasteiger partial charge in [0.15, 0.2) is 0 Å². The van der Waals surface area contributed by atoms with Crippen LogP contribution in [-0.2, 0) is 0 Å². The van der Waals surface area contributed by atoms with E-state index in [9.17, 15) is 10.1 Å². The Hall–Kier alpha value is -4.56. The molecule has 1 atom stereocenters. The van der Waals surface area contributed by atoms with Crippen molar-refractivity contribution in [2.45, 2.75) is 25.7 Å². The van der Waals surface area contributed by atoms with Crippen molar-refractivity contribution in [2.75, 3.05) is 0 Å². The summed E-state index contributed by atoms with van der Waals surface area (Å²) in [7, 11) is 0. The second kappa shape index (κ2) is 9.00. The van der Waals surface area contributed by atoms with Crippen LogP contribution >= 0.6 is 0 Å². The number of benzene rings is 4. The lowest BCUT2D eigenvalue weighted by Crippen LogP contribution is -2.21. The van der Waals surface area contributed by atoms with E-state index in [1.165, 1.54) is 5.56 Å². The van der Waals surface area contributed by atoms with Gasteiger partial charge in [-0.15, -0.1) is 0 Å². The first kappa shape index (κ1) is 22.2. The van der Waals surface area contributed by atoms with E-state index in [-0.39, 0.29) is 11.8 Å². The van der Waals surface area contributed by atoms with Crippen LogP contribution in [0.2, 0.25) is 0 Å². The second-order valence-electron chi connectivity index (χ2n) is 8.86. The van der Waals surface area contributed by atoms with Crippen molar-refractivity contribution in [3.63, 3.8) is 0 Å². The average molecular weight is 461 g/mol.